The smallest absolute Gasteiger partial charge is 0.417 e. The molecule has 1 aliphatic rings. The summed E-state index contributed by atoms with van der Waals surface area (Å²) in [6.45, 7) is 2.73. The third-order valence-corrected chi connectivity index (χ3v) is 4.86. The fourth-order valence-electron chi connectivity index (χ4n) is 3.16. The lowest BCUT2D eigenvalue weighted by molar-refractivity contribution is -0.154. The average Bonchev–Trinajstić information content (AvgIpc) is 2.68. The van der Waals surface area contributed by atoms with Crippen molar-refractivity contribution in [1.82, 2.24) is 4.98 Å². The van der Waals surface area contributed by atoms with E-state index in [2.05, 4.69) is 4.98 Å². The highest BCUT2D eigenvalue weighted by atomic mass is 19.4. The average molecular weight is 396 g/mol. The number of hydrogen-bond acceptors (Lipinski definition) is 4. The predicted octanol–water partition coefficient (Wildman–Crippen LogP) is 4.76. The maximum absolute atomic E-state index is 13.0. The minimum absolute atomic E-state index is 0.284. The van der Waals surface area contributed by atoms with E-state index in [-0.39, 0.29) is 17.7 Å². The van der Waals surface area contributed by atoms with Crippen molar-refractivity contribution in [3.8, 4) is 0 Å². The van der Waals surface area contributed by atoms with Gasteiger partial charge in [-0.25, -0.2) is 9.37 Å². The van der Waals surface area contributed by atoms with Crippen LogP contribution >= 0.6 is 0 Å². The molecule has 0 unspecified atom stereocenters. The van der Waals surface area contributed by atoms with Gasteiger partial charge < -0.3 is 9.64 Å². The Balaban J connectivity index is 1.53. The second kappa shape index (κ2) is 8.16. The van der Waals surface area contributed by atoms with E-state index in [1.165, 1.54) is 18.2 Å². The number of alkyl halides is 3. The molecule has 0 saturated carbocycles. The first-order valence-electron chi connectivity index (χ1n) is 8.98. The zero-order valence-electron chi connectivity index (χ0n) is 15.2. The molecule has 0 bridgehead atoms. The number of nitrogens with zero attached hydrogens (tertiary/aromatic N) is 2. The van der Waals surface area contributed by atoms with Gasteiger partial charge in [-0.05, 0) is 49.6 Å². The number of piperidine rings is 1. The van der Waals surface area contributed by atoms with Crippen LogP contribution in [0.3, 0.4) is 0 Å². The van der Waals surface area contributed by atoms with Crippen LogP contribution in [0.25, 0.3) is 0 Å². The number of halogens is 4. The second-order valence-electron chi connectivity index (χ2n) is 6.79. The van der Waals surface area contributed by atoms with Crippen molar-refractivity contribution >= 4 is 11.8 Å². The van der Waals surface area contributed by atoms with Crippen LogP contribution in [0.1, 0.15) is 37.0 Å². The molecule has 2 aromatic rings. The van der Waals surface area contributed by atoms with Crippen LogP contribution in [0.4, 0.5) is 23.4 Å². The van der Waals surface area contributed by atoms with E-state index in [1.807, 2.05) is 4.90 Å². The maximum Gasteiger partial charge on any atom is 0.417 e. The molecule has 28 heavy (non-hydrogen) atoms. The molecular weight excluding hydrogens is 376 g/mol. The summed E-state index contributed by atoms with van der Waals surface area (Å²) in [4.78, 5) is 18.1. The molecule has 3 rings (SSSR count). The standard InChI is InChI=1S/C20H20F4N2O2/c1-13(14-2-5-17(21)6-3-14)28-19(27)15-8-10-26(11-9-15)18-7-4-16(12-25-18)20(22,23)24/h2-7,12-13,15H,8-11H2,1H3/t13-/m0/s1. The number of esters is 1. The normalized spacial score (nSPS) is 16.7. The van der Waals surface area contributed by atoms with E-state index in [0.29, 0.717) is 37.3 Å². The van der Waals surface area contributed by atoms with Crippen molar-refractivity contribution in [2.75, 3.05) is 18.0 Å². The van der Waals surface area contributed by atoms with Crippen LogP contribution < -0.4 is 4.90 Å². The molecule has 4 nitrogen and oxygen atoms in total. The van der Waals surface area contributed by atoms with Crippen LogP contribution in [0.2, 0.25) is 0 Å². The Kier molecular flexibility index (Phi) is 5.86. The lowest BCUT2D eigenvalue weighted by atomic mass is 9.97. The van der Waals surface area contributed by atoms with Gasteiger partial charge in [0.05, 0.1) is 11.5 Å². The summed E-state index contributed by atoms with van der Waals surface area (Å²) in [5, 5.41) is 0. The number of carbonyl (C=O) groups excluding carboxylic acids is 1. The number of pyridine rings is 1. The van der Waals surface area contributed by atoms with Gasteiger partial charge in [0.25, 0.3) is 0 Å². The highest BCUT2D eigenvalue weighted by Crippen LogP contribution is 2.30. The summed E-state index contributed by atoms with van der Waals surface area (Å²) in [6.07, 6.45) is -3.03. The van der Waals surface area contributed by atoms with E-state index in [1.54, 1.807) is 19.1 Å². The summed E-state index contributed by atoms with van der Waals surface area (Å²) >= 11 is 0. The summed E-state index contributed by atoms with van der Waals surface area (Å²) in [5.74, 6) is -0.503. The Morgan fingerprint density at radius 1 is 1.14 bits per heavy atom. The van der Waals surface area contributed by atoms with Gasteiger partial charge >= 0.3 is 12.1 Å². The molecule has 1 aromatic carbocycles. The monoisotopic (exact) mass is 396 g/mol. The zero-order valence-corrected chi connectivity index (χ0v) is 15.2. The van der Waals surface area contributed by atoms with Gasteiger partial charge in [-0.2, -0.15) is 13.2 Å². The molecule has 0 spiro atoms. The summed E-state index contributed by atoms with van der Waals surface area (Å²) in [6, 6.07) is 8.13. The van der Waals surface area contributed by atoms with Gasteiger partial charge in [0.2, 0.25) is 0 Å². The van der Waals surface area contributed by atoms with E-state index in [4.69, 9.17) is 4.74 Å². The Bertz CT molecular complexity index is 798. The SMILES string of the molecule is C[C@H](OC(=O)C1CCN(c2ccc(C(F)(F)F)cn2)CC1)c1ccc(F)cc1. The Labute approximate surface area is 160 Å². The summed E-state index contributed by atoms with van der Waals surface area (Å²) < 4.78 is 56.4. The fourth-order valence-corrected chi connectivity index (χ4v) is 3.16. The molecule has 0 N–H and O–H groups in total. The first-order valence-corrected chi connectivity index (χ1v) is 8.98. The van der Waals surface area contributed by atoms with Crippen molar-refractivity contribution in [2.24, 2.45) is 5.92 Å². The number of ether oxygens (including phenoxy) is 1. The molecule has 1 fully saturated rings. The van der Waals surface area contributed by atoms with Gasteiger partial charge in [-0.3, -0.25) is 4.79 Å². The van der Waals surface area contributed by atoms with Gasteiger partial charge in [-0.15, -0.1) is 0 Å². The van der Waals surface area contributed by atoms with Crippen LogP contribution in [-0.4, -0.2) is 24.0 Å². The first kappa shape index (κ1) is 20.1. The molecule has 8 heteroatoms. The van der Waals surface area contributed by atoms with Crippen molar-refractivity contribution in [3.05, 3.63) is 59.5 Å². The van der Waals surface area contributed by atoms with E-state index in [0.717, 1.165) is 12.3 Å². The lowest BCUT2D eigenvalue weighted by Gasteiger charge is -2.32. The number of hydrogen-bond donors (Lipinski definition) is 0. The minimum atomic E-state index is -4.41. The third-order valence-electron chi connectivity index (χ3n) is 4.86. The number of aromatic nitrogens is 1. The van der Waals surface area contributed by atoms with Gasteiger partial charge in [0.15, 0.2) is 0 Å². The van der Waals surface area contributed by atoms with Crippen molar-refractivity contribution in [2.45, 2.75) is 32.0 Å². The molecular formula is C20H20F4N2O2. The maximum atomic E-state index is 13.0. The predicted molar refractivity (Wildman–Crippen MR) is 95.1 cm³/mol. The number of rotatable bonds is 4. The molecule has 1 saturated heterocycles. The van der Waals surface area contributed by atoms with E-state index in [9.17, 15) is 22.4 Å². The molecule has 0 aliphatic carbocycles. The van der Waals surface area contributed by atoms with Crippen LogP contribution in [0.15, 0.2) is 42.6 Å². The van der Waals surface area contributed by atoms with Crippen LogP contribution in [0.5, 0.6) is 0 Å². The molecule has 1 aromatic heterocycles. The lowest BCUT2D eigenvalue weighted by Crippen LogP contribution is -2.37. The van der Waals surface area contributed by atoms with Gasteiger partial charge in [0.1, 0.15) is 17.7 Å². The summed E-state index contributed by atoms with van der Waals surface area (Å²) in [7, 11) is 0. The fraction of sp³-hybridized carbons (Fsp3) is 0.400. The molecule has 0 amide bonds. The topological polar surface area (TPSA) is 42.4 Å². The zero-order chi connectivity index (χ0) is 20.3. The van der Waals surface area contributed by atoms with Crippen molar-refractivity contribution in [3.63, 3.8) is 0 Å². The minimum Gasteiger partial charge on any atom is -0.458 e. The van der Waals surface area contributed by atoms with Gasteiger partial charge in [-0.1, -0.05) is 12.1 Å². The number of benzene rings is 1. The van der Waals surface area contributed by atoms with Crippen LogP contribution in [0, 0.1) is 11.7 Å². The molecule has 1 aliphatic heterocycles. The van der Waals surface area contributed by atoms with E-state index >= 15 is 0 Å². The third kappa shape index (κ3) is 4.79. The molecule has 150 valence electrons. The van der Waals surface area contributed by atoms with Crippen molar-refractivity contribution in [1.29, 1.82) is 0 Å². The Morgan fingerprint density at radius 3 is 2.32 bits per heavy atom. The van der Waals surface area contributed by atoms with E-state index < -0.39 is 17.8 Å². The largest absolute Gasteiger partial charge is 0.458 e. The highest BCUT2D eigenvalue weighted by molar-refractivity contribution is 5.73. The molecule has 1 atom stereocenters. The van der Waals surface area contributed by atoms with Gasteiger partial charge in [0, 0.05) is 19.3 Å². The Morgan fingerprint density at radius 2 is 1.79 bits per heavy atom. The molecule has 2 heterocycles. The highest BCUT2D eigenvalue weighted by Gasteiger charge is 2.32. The summed E-state index contributed by atoms with van der Waals surface area (Å²) in [5.41, 5.74) is -0.0781. The van der Waals surface area contributed by atoms with Crippen molar-refractivity contribution < 1.29 is 27.1 Å². The Hall–Kier alpha value is -2.64. The number of anilines is 1. The number of carbonyl (C=O) groups is 1. The quantitative estimate of drug-likeness (QED) is 0.552. The first-order chi connectivity index (χ1) is 13.2. The second-order valence-corrected chi connectivity index (χ2v) is 6.79. The van der Waals surface area contributed by atoms with Crippen LogP contribution in [-0.2, 0) is 15.7 Å². The molecule has 0 radical (unpaired) electrons.